The van der Waals surface area contributed by atoms with Crippen molar-refractivity contribution in [3.05, 3.63) is 0 Å². The minimum absolute atomic E-state index is 0.00338. The monoisotopic (exact) mass is 195 g/mol. The summed E-state index contributed by atoms with van der Waals surface area (Å²) in [5, 5.41) is 1.92. The number of piperazine rings is 1. The molecule has 14 heavy (non-hydrogen) atoms. The lowest BCUT2D eigenvalue weighted by Crippen LogP contribution is -2.58. The maximum Gasteiger partial charge on any atom is 0.137 e. The zero-order valence-corrected chi connectivity index (χ0v) is 8.57. The van der Waals surface area contributed by atoms with Gasteiger partial charge in [-0.2, -0.15) is 0 Å². The van der Waals surface area contributed by atoms with Crippen molar-refractivity contribution < 1.29 is 4.79 Å². The summed E-state index contributed by atoms with van der Waals surface area (Å²) in [5.74, 6) is 6.23. The fraction of sp³-hybridized carbons (Fsp3) is 0.900. The average molecular weight is 195 g/mol. The van der Waals surface area contributed by atoms with Crippen molar-refractivity contribution in [1.82, 2.24) is 9.91 Å². The van der Waals surface area contributed by atoms with Crippen molar-refractivity contribution in [2.24, 2.45) is 11.3 Å². The minimum atomic E-state index is -0.00338. The highest BCUT2D eigenvalue weighted by Crippen LogP contribution is 2.49. The first kappa shape index (κ1) is 8.83. The molecule has 2 atom stereocenters. The molecular formula is C10H17N3O. The summed E-state index contributed by atoms with van der Waals surface area (Å²) in [6.45, 7) is 4.62. The van der Waals surface area contributed by atoms with E-state index in [0.717, 1.165) is 32.5 Å². The van der Waals surface area contributed by atoms with E-state index in [4.69, 9.17) is 5.84 Å². The van der Waals surface area contributed by atoms with Gasteiger partial charge in [0.25, 0.3) is 0 Å². The van der Waals surface area contributed by atoms with E-state index in [0.29, 0.717) is 17.9 Å². The Morgan fingerprint density at radius 3 is 2.36 bits per heavy atom. The highest BCUT2D eigenvalue weighted by atomic mass is 16.1. The lowest BCUT2D eigenvalue weighted by atomic mass is 9.76. The first-order chi connectivity index (χ1) is 6.61. The number of nitrogens with zero attached hydrogens (tertiary/aromatic N) is 2. The molecule has 3 aliphatic heterocycles. The van der Waals surface area contributed by atoms with Gasteiger partial charge in [0.2, 0.25) is 0 Å². The van der Waals surface area contributed by atoms with Crippen LogP contribution in [0.25, 0.3) is 0 Å². The van der Waals surface area contributed by atoms with Crippen LogP contribution in [-0.2, 0) is 4.79 Å². The summed E-state index contributed by atoms with van der Waals surface area (Å²) in [4.78, 5) is 14.2. The maximum atomic E-state index is 11.7. The third kappa shape index (κ3) is 0.962. The van der Waals surface area contributed by atoms with Crippen LogP contribution in [0.15, 0.2) is 0 Å². The molecule has 3 heterocycles. The quantitative estimate of drug-likeness (QED) is 0.578. The Morgan fingerprint density at radius 2 is 1.93 bits per heavy atom. The number of ketones is 1. The van der Waals surface area contributed by atoms with Crippen LogP contribution in [0.2, 0.25) is 0 Å². The van der Waals surface area contributed by atoms with Crippen molar-refractivity contribution in [2.45, 2.75) is 31.8 Å². The van der Waals surface area contributed by atoms with Gasteiger partial charge in [-0.1, -0.05) is 0 Å². The minimum Gasteiger partial charge on any atom is -0.299 e. The molecule has 0 amide bonds. The lowest BCUT2D eigenvalue weighted by molar-refractivity contribution is -0.126. The first-order valence-electron chi connectivity index (χ1n) is 5.37. The molecule has 78 valence electrons. The van der Waals surface area contributed by atoms with Crippen LogP contribution >= 0.6 is 0 Å². The van der Waals surface area contributed by atoms with Gasteiger partial charge in [-0.15, -0.1) is 0 Å². The molecule has 4 heteroatoms. The van der Waals surface area contributed by atoms with Crippen molar-refractivity contribution in [3.63, 3.8) is 0 Å². The zero-order chi connectivity index (χ0) is 9.92. The number of carbonyl (C=O) groups is 1. The van der Waals surface area contributed by atoms with Crippen molar-refractivity contribution in [3.8, 4) is 0 Å². The van der Waals surface area contributed by atoms with Gasteiger partial charge >= 0.3 is 0 Å². The number of rotatable bonds is 1. The second-order valence-corrected chi connectivity index (χ2v) is 5.18. The summed E-state index contributed by atoms with van der Waals surface area (Å²) in [6.07, 6.45) is 2.07. The number of fused-ring (bicyclic) bond motifs is 1. The van der Waals surface area contributed by atoms with Crippen LogP contribution in [0.3, 0.4) is 0 Å². The second-order valence-electron chi connectivity index (χ2n) is 5.18. The smallest absolute Gasteiger partial charge is 0.137 e. The SMILES string of the molecule is CC(=O)C12CC3CN(N)CC(C1)N3C2. The molecule has 2 bridgehead atoms. The Kier molecular flexibility index (Phi) is 1.62. The fourth-order valence-electron chi connectivity index (χ4n) is 3.61. The van der Waals surface area contributed by atoms with Crippen LogP contribution < -0.4 is 5.84 Å². The third-order valence-electron chi connectivity index (χ3n) is 4.31. The van der Waals surface area contributed by atoms with E-state index in [1.165, 1.54) is 0 Å². The molecule has 0 aliphatic carbocycles. The second kappa shape index (κ2) is 2.56. The highest BCUT2D eigenvalue weighted by molar-refractivity contribution is 5.83. The number of piperidine rings is 1. The van der Waals surface area contributed by atoms with E-state index in [1.807, 2.05) is 5.01 Å². The van der Waals surface area contributed by atoms with E-state index in [1.54, 1.807) is 6.92 Å². The zero-order valence-electron chi connectivity index (χ0n) is 8.57. The van der Waals surface area contributed by atoms with Crippen molar-refractivity contribution >= 4 is 5.78 Å². The summed E-state index contributed by atoms with van der Waals surface area (Å²) in [6, 6.07) is 1.08. The number of Topliss-reactive ketones (excluding diaryl/α,β-unsaturated/α-hetero) is 1. The molecule has 2 unspecified atom stereocenters. The predicted molar refractivity (Wildman–Crippen MR) is 52.4 cm³/mol. The molecule has 0 aromatic rings. The van der Waals surface area contributed by atoms with E-state index >= 15 is 0 Å². The van der Waals surface area contributed by atoms with Gasteiger partial charge in [0.1, 0.15) is 5.78 Å². The Hall–Kier alpha value is -0.450. The number of hydrogen-bond acceptors (Lipinski definition) is 4. The Labute approximate surface area is 84.0 Å². The molecule has 4 nitrogen and oxygen atoms in total. The van der Waals surface area contributed by atoms with Gasteiger partial charge in [0, 0.05) is 37.1 Å². The first-order valence-corrected chi connectivity index (χ1v) is 5.37. The normalized spacial score (nSPS) is 47.3. The lowest BCUT2D eigenvalue weighted by Gasteiger charge is -2.43. The molecule has 0 radical (unpaired) electrons. The van der Waals surface area contributed by atoms with E-state index in [9.17, 15) is 4.79 Å². The van der Waals surface area contributed by atoms with Crippen molar-refractivity contribution in [2.75, 3.05) is 19.6 Å². The number of carbonyl (C=O) groups excluding carboxylic acids is 1. The molecule has 3 rings (SSSR count). The number of hydrogen-bond donors (Lipinski definition) is 1. The van der Waals surface area contributed by atoms with E-state index < -0.39 is 0 Å². The molecule has 3 fully saturated rings. The molecule has 0 saturated carbocycles. The Morgan fingerprint density at radius 1 is 1.36 bits per heavy atom. The largest absolute Gasteiger partial charge is 0.299 e. The van der Waals surface area contributed by atoms with Crippen LogP contribution in [0.4, 0.5) is 0 Å². The summed E-state index contributed by atoms with van der Waals surface area (Å²) < 4.78 is 0. The van der Waals surface area contributed by atoms with Gasteiger partial charge in [-0.25, -0.2) is 5.01 Å². The van der Waals surface area contributed by atoms with Crippen LogP contribution in [0, 0.1) is 5.41 Å². The average Bonchev–Trinajstić information content (AvgIpc) is 2.57. The highest BCUT2D eigenvalue weighted by Gasteiger charge is 2.58. The molecule has 0 aromatic carbocycles. The number of nitrogens with two attached hydrogens (primary N) is 1. The van der Waals surface area contributed by atoms with Crippen LogP contribution in [0.5, 0.6) is 0 Å². The molecule has 2 N–H and O–H groups in total. The predicted octanol–water partition coefficient (Wildman–Crippen LogP) is -0.402. The van der Waals surface area contributed by atoms with Gasteiger partial charge in [-0.3, -0.25) is 15.5 Å². The number of hydrazine groups is 1. The van der Waals surface area contributed by atoms with Gasteiger partial charge in [0.05, 0.1) is 0 Å². The summed E-state index contributed by atoms with van der Waals surface area (Å²) in [7, 11) is 0. The third-order valence-corrected chi connectivity index (χ3v) is 4.31. The summed E-state index contributed by atoms with van der Waals surface area (Å²) >= 11 is 0. The van der Waals surface area contributed by atoms with Crippen LogP contribution in [-0.4, -0.2) is 47.4 Å². The molecular weight excluding hydrogens is 178 g/mol. The summed E-state index contributed by atoms with van der Waals surface area (Å²) in [5.41, 5.74) is -0.00338. The van der Waals surface area contributed by atoms with Gasteiger partial charge < -0.3 is 0 Å². The van der Waals surface area contributed by atoms with Gasteiger partial charge in [-0.05, 0) is 19.8 Å². The fourth-order valence-corrected chi connectivity index (χ4v) is 3.61. The maximum absolute atomic E-state index is 11.7. The molecule has 0 spiro atoms. The standard InChI is InChI=1S/C10H17N3O/c1-7(14)10-2-8-4-12(11)5-9(3-10)13(8)6-10/h8-9H,2-6,11H2,1H3. The van der Waals surface area contributed by atoms with E-state index in [-0.39, 0.29) is 5.41 Å². The van der Waals surface area contributed by atoms with Crippen molar-refractivity contribution in [1.29, 1.82) is 0 Å². The van der Waals surface area contributed by atoms with E-state index in [2.05, 4.69) is 4.90 Å². The molecule has 3 saturated heterocycles. The topological polar surface area (TPSA) is 49.6 Å². The molecule has 0 aromatic heterocycles. The Balaban J connectivity index is 1.90. The Bertz CT molecular complexity index is 275. The van der Waals surface area contributed by atoms with Gasteiger partial charge in [0.15, 0.2) is 0 Å². The molecule has 3 aliphatic rings. The van der Waals surface area contributed by atoms with Crippen LogP contribution in [0.1, 0.15) is 19.8 Å².